The second-order valence-electron chi connectivity index (χ2n) is 7.31. The molecular weight excluding hydrogens is 324 g/mol. The number of aliphatic carboxylic acids is 1. The highest BCUT2D eigenvalue weighted by Gasteiger charge is 2.46. The Hall–Kier alpha value is -1.40. The van der Waals surface area contributed by atoms with Crippen molar-refractivity contribution in [3.05, 3.63) is 21.9 Å². The van der Waals surface area contributed by atoms with Crippen molar-refractivity contribution < 1.29 is 14.7 Å². The Morgan fingerprint density at radius 2 is 2.12 bits per heavy atom. The molecule has 24 heavy (non-hydrogen) atoms. The number of carboxylic acid groups (broad SMARTS) is 1. The first-order chi connectivity index (χ1) is 11.6. The van der Waals surface area contributed by atoms with E-state index in [2.05, 4.69) is 11.4 Å². The minimum absolute atomic E-state index is 0.0873. The normalized spacial score (nSPS) is 30.0. The highest BCUT2D eigenvalue weighted by atomic mass is 32.1. The third kappa shape index (κ3) is 2.86. The molecule has 0 spiro atoms. The van der Waals surface area contributed by atoms with E-state index in [0.717, 1.165) is 32.2 Å². The zero-order valence-corrected chi connectivity index (χ0v) is 14.6. The molecule has 3 heterocycles. The minimum atomic E-state index is -0.768. The van der Waals surface area contributed by atoms with Crippen LogP contribution >= 0.6 is 11.3 Å². The summed E-state index contributed by atoms with van der Waals surface area (Å²) in [6.45, 7) is 1.70. The van der Waals surface area contributed by atoms with Crippen LogP contribution in [0.25, 0.3) is 0 Å². The number of carboxylic acids is 1. The Morgan fingerprint density at radius 1 is 1.29 bits per heavy atom. The fraction of sp³-hybridized carbons (Fsp3) is 0.667. The van der Waals surface area contributed by atoms with Crippen molar-refractivity contribution in [2.45, 2.75) is 57.2 Å². The summed E-state index contributed by atoms with van der Waals surface area (Å²) in [5.74, 6) is -0.224. The van der Waals surface area contributed by atoms with Crippen LogP contribution in [0.5, 0.6) is 0 Å². The fourth-order valence-electron chi connectivity index (χ4n) is 4.74. The zero-order valence-electron chi connectivity index (χ0n) is 13.8. The maximum atomic E-state index is 12.8. The molecule has 0 aromatic carbocycles. The van der Waals surface area contributed by atoms with Gasteiger partial charge in [-0.1, -0.05) is 12.8 Å². The standard InChI is InChI=1S/C18H24N2O3S/c21-17(19-7-5-16-13(10-19)6-8-24-16)11-20-14-4-2-1-3-12(14)9-15(20)18(22)23/h6,8,12,14-15H,1-5,7,9-11H2,(H,22,23)/t12-,14-,15+/m1/s1. The number of fused-ring (bicyclic) bond motifs is 2. The first-order valence-electron chi connectivity index (χ1n) is 8.95. The lowest BCUT2D eigenvalue weighted by Gasteiger charge is -2.35. The van der Waals surface area contributed by atoms with Crippen molar-refractivity contribution in [1.82, 2.24) is 9.80 Å². The fourth-order valence-corrected chi connectivity index (χ4v) is 5.63. The molecule has 0 unspecified atom stereocenters. The van der Waals surface area contributed by atoms with Gasteiger partial charge in [0.05, 0.1) is 6.54 Å². The molecule has 2 fully saturated rings. The van der Waals surface area contributed by atoms with Gasteiger partial charge in [0.25, 0.3) is 0 Å². The van der Waals surface area contributed by atoms with Gasteiger partial charge in [-0.15, -0.1) is 11.3 Å². The van der Waals surface area contributed by atoms with Crippen LogP contribution in [-0.4, -0.2) is 52.0 Å². The lowest BCUT2D eigenvalue weighted by atomic mass is 9.85. The Morgan fingerprint density at radius 3 is 2.96 bits per heavy atom. The summed E-state index contributed by atoms with van der Waals surface area (Å²) in [6, 6.07) is 1.90. The van der Waals surface area contributed by atoms with Gasteiger partial charge in [-0.05, 0) is 48.6 Å². The monoisotopic (exact) mass is 348 g/mol. The summed E-state index contributed by atoms with van der Waals surface area (Å²) in [4.78, 5) is 29.8. The van der Waals surface area contributed by atoms with E-state index in [0.29, 0.717) is 18.9 Å². The van der Waals surface area contributed by atoms with Gasteiger partial charge >= 0.3 is 5.97 Å². The van der Waals surface area contributed by atoms with Crippen LogP contribution in [0.15, 0.2) is 11.4 Å². The molecule has 4 rings (SSSR count). The molecule has 0 bridgehead atoms. The number of hydrogen-bond donors (Lipinski definition) is 1. The first kappa shape index (κ1) is 16.1. The lowest BCUT2D eigenvalue weighted by molar-refractivity contribution is -0.144. The summed E-state index contributed by atoms with van der Waals surface area (Å²) in [5, 5.41) is 11.7. The summed E-state index contributed by atoms with van der Waals surface area (Å²) in [7, 11) is 0. The molecule has 1 aliphatic carbocycles. The minimum Gasteiger partial charge on any atom is -0.480 e. The first-order valence-corrected chi connectivity index (χ1v) is 9.83. The summed E-state index contributed by atoms with van der Waals surface area (Å²) >= 11 is 1.77. The number of likely N-dealkylation sites (tertiary alicyclic amines) is 1. The quantitative estimate of drug-likeness (QED) is 0.911. The number of carbonyl (C=O) groups is 2. The highest BCUT2D eigenvalue weighted by Crippen LogP contribution is 2.39. The predicted molar refractivity (Wildman–Crippen MR) is 91.9 cm³/mol. The number of carbonyl (C=O) groups excluding carboxylic acids is 1. The van der Waals surface area contributed by atoms with Crippen molar-refractivity contribution in [2.24, 2.45) is 5.92 Å². The SMILES string of the molecule is O=C(O)[C@@H]1C[C@H]2CCCC[C@H]2N1CC(=O)N1CCc2sccc2C1. The van der Waals surface area contributed by atoms with Crippen LogP contribution in [0, 0.1) is 5.92 Å². The maximum absolute atomic E-state index is 12.8. The molecule has 1 aromatic rings. The van der Waals surface area contributed by atoms with Crippen LogP contribution in [0.1, 0.15) is 42.5 Å². The Bertz CT molecular complexity index is 644. The van der Waals surface area contributed by atoms with Crippen molar-refractivity contribution >= 4 is 23.2 Å². The van der Waals surface area contributed by atoms with Crippen LogP contribution in [-0.2, 0) is 22.6 Å². The van der Waals surface area contributed by atoms with Gasteiger partial charge in [-0.3, -0.25) is 14.5 Å². The summed E-state index contributed by atoms with van der Waals surface area (Å²) in [5.41, 5.74) is 1.26. The number of thiophene rings is 1. The molecule has 1 saturated heterocycles. The van der Waals surface area contributed by atoms with Gasteiger partial charge in [0.2, 0.25) is 5.91 Å². The molecule has 5 nitrogen and oxygen atoms in total. The van der Waals surface area contributed by atoms with Gasteiger partial charge < -0.3 is 10.0 Å². The van der Waals surface area contributed by atoms with Crippen LogP contribution in [0.3, 0.4) is 0 Å². The summed E-state index contributed by atoms with van der Waals surface area (Å²) < 4.78 is 0. The van der Waals surface area contributed by atoms with E-state index in [-0.39, 0.29) is 18.5 Å². The van der Waals surface area contributed by atoms with E-state index in [1.165, 1.54) is 16.9 Å². The van der Waals surface area contributed by atoms with Crippen molar-refractivity contribution in [1.29, 1.82) is 0 Å². The average molecular weight is 348 g/mol. The third-order valence-corrected chi connectivity index (χ3v) is 7.01. The van der Waals surface area contributed by atoms with E-state index in [1.54, 1.807) is 11.3 Å². The van der Waals surface area contributed by atoms with Crippen molar-refractivity contribution in [2.75, 3.05) is 13.1 Å². The second kappa shape index (κ2) is 6.48. The Balaban J connectivity index is 1.46. The second-order valence-corrected chi connectivity index (χ2v) is 8.31. The Kier molecular flexibility index (Phi) is 4.35. The lowest BCUT2D eigenvalue weighted by Crippen LogP contribution is -2.49. The molecule has 3 atom stereocenters. The predicted octanol–water partition coefficient (Wildman–Crippen LogP) is 2.35. The summed E-state index contributed by atoms with van der Waals surface area (Å²) in [6.07, 6.45) is 6.13. The molecule has 1 amide bonds. The van der Waals surface area contributed by atoms with Crippen molar-refractivity contribution in [3.8, 4) is 0 Å². The van der Waals surface area contributed by atoms with Gasteiger partial charge in [0.1, 0.15) is 6.04 Å². The van der Waals surface area contributed by atoms with Gasteiger partial charge in [0.15, 0.2) is 0 Å². The Labute approximate surface area is 146 Å². The zero-order chi connectivity index (χ0) is 16.7. The highest BCUT2D eigenvalue weighted by molar-refractivity contribution is 7.10. The van der Waals surface area contributed by atoms with Gasteiger partial charge in [0, 0.05) is 24.0 Å². The smallest absolute Gasteiger partial charge is 0.320 e. The van der Waals surface area contributed by atoms with Crippen LogP contribution in [0.2, 0.25) is 0 Å². The van der Waals surface area contributed by atoms with Crippen LogP contribution in [0.4, 0.5) is 0 Å². The molecular formula is C18H24N2O3S. The van der Waals surface area contributed by atoms with Gasteiger partial charge in [-0.25, -0.2) is 0 Å². The largest absolute Gasteiger partial charge is 0.480 e. The number of hydrogen-bond acceptors (Lipinski definition) is 4. The van der Waals surface area contributed by atoms with Crippen LogP contribution < -0.4 is 0 Å². The van der Waals surface area contributed by atoms with Crippen molar-refractivity contribution in [3.63, 3.8) is 0 Å². The number of amides is 1. The molecule has 1 saturated carbocycles. The van der Waals surface area contributed by atoms with E-state index >= 15 is 0 Å². The molecule has 0 radical (unpaired) electrons. The number of rotatable bonds is 3. The third-order valence-electron chi connectivity index (χ3n) is 5.98. The molecule has 130 valence electrons. The number of nitrogens with zero attached hydrogens (tertiary/aromatic N) is 2. The molecule has 2 aliphatic heterocycles. The molecule has 1 N–H and O–H groups in total. The van der Waals surface area contributed by atoms with E-state index in [1.807, 2.05) is 9.80 Å². The van der Waals surface area contributed by atoms with E-state index in [4.69, 9.17) is 0 Å². The molecule has 6 heteroatoms. The average Bonchev–Trinajstić information content (AvgIpc) is 3.19. The molecule has 1 aromatic heterocycles. The van der Waals surface area contributed by atoms with E-state index in [9.17, 15) is 14.7 Å². The van der Waals surface area contributed by atoms with Gasteiger partial charge in [-0.2, -0.15) is 0 Å². The van der Waals surface area contributed by atoms with E-state index < -0.39 is 12.0 Å². The maximum Gasteiger partial charge on any atom is 0.320 e. The molecule has 3 aliphatic rings. The topological polar surface area (TPSA) is 60.9 Å².